The van der Waals surface area contributed by atoms with Crippen LogP contribution >= 0.6 is 0 Å². The van der Waals surface area contributed by atoms with Gasteiger partial charge in [-0.2, -0.15) is 0 Å². The van der Waals surface area contributed by atoms with Gasteiger partial charge in [-0.1, -0.05) is 13.3 Å². The number of phenols is 1. The molecule has 0 spiro atoms. The van der Waals surface area contributed by atoms with E-state index in [1.54, 1.807) is 13.2 Å². The highest BCUT2D eigenvalue weighted by Crippen LogP contribution is 2.22. The Bertz CT molecular complexity index is 414. The van der Waals surface area contributed by atoms with Gasteiger partial charge >= 0.3 is 0 Å². The SMILES string of the molecule is CCCC(COC)NC(=O)c1cc(OC)ccc1O. The second-order valence-corrected chi connectivity index (χ2v) is 4.30. The van der Waals surface area contributed by atoms with Gasteiger partial charge in [0.05, 0.1) is 25.3 Å². The molecule has 1 unspecified atom stereocenters. The van der Waals surface area contributed by atoms with E-state index in [1.807, 2.05) is 6.92 Å². The van der Waals surface area contributed by atoms with Crippen molar-refractivity contribution in [1.82, 2.24) is 5.32 Å². The second kappa shape index (κ2) is 7.63. The average molecular weight is 267 g/mol. The highest BCUT2D eigenvalue weighted by atomic mass is 16.5. The van der Waals surface area contributed by atoms with E-state index < -0.39 is 0 Å². The summed E-state index contributed by atoms with van der Waals surface area (Å²) in [6.07, 6.45) is 1.77. The summed E-state index contributed by atoms with van der Waals surface area (Å²) in [5, 5.41) is 12.6. The van der Waals surface area contributed by atoms with Gasteiger partial charge in [-0.25, -0.2) is 0 Å². The van der Waals surface area contributed by atoms with Crippen LogP contribution < -0.4 is 10.1 Å². The Labute approximate surface area is 113 Å². The van der Waals surface area contributed by atoms with Crippen LogP contribution in [0, 0.1) is 0 Å². The van der Waals surface area contributed by atoms with E-state index in [4.69, 9.17) is 9.47 Å². The van der Waals surface area contributed by atoms with E-state index in [-0.39, 0.29) is 23.3 Å². The first-order valence-electron chi connectivity index (χ1n) is 6.29. The summed E-state index contributed by atoms with van der Waals surface area (Å²) < 4.78 is 10.1. The molecule has 0 aliphatic carbocycles. The van der Waals surface area contributed by atoms with Crippen molar-refractivity contribution in [2.75, 3.05) is 20.8 Å². The van der Waals surface area contributed by atoms with Gasteiger partial charge in [-0.15, -0.1) is 0 Å². The molecule has 19 heavy (non-hydrogen) atoms. The normalized spacial score (nSPS) is 11.9. The second-order valence-electron chi connectivity index (χ2n) is 4.30. The van der Waals surface area contributed by atoms with Crippen LogP contribution in [0.2, 0.25) is 0 Å². The van der Waals surface area contributed by atoms with Crippen LogP contribution in [-0.4, -0.2) is 37.9 Å². The smallest absolute Gasteiger partial charge is 0.255 e. The van der Waals surface area contributed by atoms with Crippen molar-refractivity contribution in [3.05, 3.63) is 23.8 Å². The molecule has 5 heteroatoms. The number of amides is 1. The van der Waals surface area contributed by atoms with Crippen molar-refractivity contribution in [3.63, 3.8) is 0 Å². The Balaban J connectivity index is 2.81. The largest absolute Gasteiger partial charge is 0.507 e. The number of ether oxygens (including phenoxy) is 2. The molecule has 0 fully saturated rings. The fourth-order valence-corrected chi connectivity index (χ4v) is 1.83. The molecule has 1 amide bonds. The monoisotopic (exact) mass is 267 g/mol. The molecular formula is C14H21NO4. The third-order valence-corrected chi connectivity index (χ3v) is 2.79. The summed E-state index contributed by atoms with van der Waals surface area (Å²) in [6, 6.07) is 4.50. The molecule has 1 rings (SSSR count). The van der Waals surface area contributed by atoms with Crippen LogP contribution in [-0.2, 0) is 4.74 Å². The Kier molecular flexibility index (Phi) is 6.15. The first kappa shape index (κ1) is 15.3. The summed E-state index contributed by atoms with van der Waals surface area (Å²) in [5.41, 5.74) is 0.205. The Morgan fingerprint density at radius 3 is 2.74 bits per heavy atom. The minimum absolute atomic E-state index is 0.0619. The van der Waals surface area contributed by atoms with E-state index in [9.17, 15) is 9.90 Å². The van der Waals surface area contributed by atoms with E-state index in [1.165, 1.54) is 19.2 Å². The maximum absolute atomic E-state index is 12.1. The summed E-state index contributed by atoms with van der Waals surface area (Å²) in [4.78, 5) is 12.1. The van der Waals surface area contributed by atoms with Crippen LogP contribution in [0.3, 0.4) is 0 Å². The van der Waals surface area contributed by atoms with Gasteiger partial charge in [0, 0.05) is 7.11 Å². The fourth-order valence-electron chi connectivity index (χ4n) is 1.83. The van der Waals surface area contributed by atoms with Gasteiger partial charge in [0.15, 0.2) is 0 Å². The first-order valence-corrected chi connectivity index (χ1v) is 6.29. The molecule has 0 saturated heterocycles. The Morgan fingerprint density at radius 2 is 2.16 bits per heavy atom. The standard InChI is InChI=1S/C14H21NO4/c1-4-5-10(9-18-2)15-14(17)12-8-11(19-3)6-7-13(12)16/h6-8,10,16H,4-5,9H2,1-3H3,(H,15,17). The molecule has 1 aromatic carbocycles. The van der Waals surface area contributed by atoms with E-state index in [0.29, 0.717) is 12.4 Å². The zero-order valence-electron chi connectivity index (χ0n) is 11.6. The lowest BCUT2D eigenvalue weighted by atomic mass is 10.1. The lowest BCUT2D eigenvalue weighted by Crippen LogP contribution is -2.37. The maximum atomic E-state index is 12.1. The zero-order valence-corrected chi connectivity index (χ0v) is 11.6. The predicted molar refractivity (Wildman–Crippen MR) is 72.7 cm³/mol. The van der Waals surface area contributed by atoms with Crippen molar-refractivity contribution in [2.45, 2.75) is 25.8 Å². The number of nitrogens with one attached hydrogen (secondary N) is 1. The summed E-state index contributed by atoms with van der Waals surface area (Å²) in [5.74, 6) is 0.139. The van der Waals surface area contributed by atoms with Crippen LogP contribution in [0.5, 0.6) is 11.5 Å². The van der Waals surface area contributed by atoms with Gasteiger partial charge in [0.1, 0.15) is 11.5 Å². The molecular weight excluding hydrogens is 246 g/mol. The molecule has 106 valence electrons. The fraction of sp³-hybridized carbons (Fsp3) is 0.500. The van der Waals surface area contributed by atoms with Gasteiger partial charge in [0.25, 0.3) is 5.91 Å². The van der Waals surface area contributed by atoms with E-state index in [2.05, 4.69) is 5.32 Å². The Morgan fingerprint density at radius 1 is 1.42 bits per heavy atom. The topological polar surface area (TPSA) is 67.8 Å². The highest BCUT2D eigenvalue weighted by Gasteiger charge is 2.16. The number of hydrogen-bond acceptors (Lipinski definition) is 4. The number of carbonyl (C=O) groups is 1. The summed E-state index contributed by atoms with van der Waals surface area (Å²) >= 11 is 0. The first-order chi connectivity index (χ1) is 9.12. The number of aromatic hydroxyl groups is 1. The molecule has 0 radical (unpaired) electrons. The third-order valence-electron chi connectivity index (χ3n) is 2.79. The van der Waals surface area contributed by atoms with Crippen molar-refractivity contribution < 1.29 is 19.4 Å². The van der Waals surface area contributed by atoms with Crippen LogP contribution in [0.25, 0.3) is 0 Å². The average Bonchev–Trinajstić information content (AvgIpc) is 2.39. The molecule has 0 heterocycles. The third kappa shape index (κ3) is 4.44. The summed E-state index contributed by atoms with van der Waals surface area (Å²) in [6.45, 7) is 2.49. The quantitative estimate of drug-likeness (QED) is 0.792. The lowest BCUT2D eigenvalue weighted by Gasteiger charge is -2.17. The van der Waals surface area contributed by atoms with Crippen molar-refractivity contribution in [3.8, 4) is 11.5 Å². The van der Waals surface area contributed by atoms with Crippen molar-refractivity contribution in [2.24, 2.45) is 0 Å². The maximum Gasteiger partial charge on any atom is 0.255 e. The predicted octanol–water partition coefficient (Wildman–Crippen LogP) is 1.95. The molecule has 2 N–H and O–H groups in total. The number of hydrogen-bond donors (Lipinski definition) is 2. The van der Waals surface area contributed by atoms with Crippen molar-refractivity contribution >= 4 is 5.91 Å². The molecule has 0 aliphatic heterocycles. The minimum Gasteiger partial charge on any atom is -0.507 e. The van der Waals surface area contributed by atoms with Crippen LogP contribution in [0.15, 0.2) is 18.2 Å². The van der Waals surface area contributed by atoms with Crippen molar-refractivity contribution in [1.29, 1.82) is 0 Å². The van der Waals surface area contributed by atoms with Gasteiger partial charge < -0.3 is 19.9 Å². The minimum atomic E-state index is -0.327. The van der Waals surface area contributed by atoms with Gasteiger partial charge in [0.2, 0.25) is 0 Å². The van der Waals surface area contributed by atoms with Crippen LogP contribution in [0.4, 0.5) is 0 Å². The Hall–Kier alpha value is -1.75. The molecule has 0 saturated carbocycles. The van der Waals surface area contributed by atoms with Gasteiger partial charge in [-0.05, 0) is 24.6 Å². The van der Waals surface area contributed by atoms with E-state index in [0.717, 1.165) is 12.8 Å². The lowest BCUT2D eigenvalue weighted by molar-refractivity contribution is 0.0888. The van der Waals surface area contributed by atoms with E-state index >= 15 is 0 Å². The summed E-state index contributed by atoms with van der Waals surface area (Å²) in [7, 11) is 3.11. The molecule has 0 bridgehead atoms. The molecule has 1 atom stereocenters. The molecule has 1 aromatic rings. The number of carbonyl (C=O) groups excluding carboxylic acids is 1. The molecule has 0 aromatic heterocycles. The molecule has 5 nitrogen and oxygen atoms in total. The van der Waals surface area contributed by atoms with Crippen LogP contribution in [0.1, 0.15) is 30.1 Å². The number of methoxy groups -OCH3 is 2. The highest BCUT2D eigenvalue weighted by molar-refractivity contribution is 5.97. The zero-order chi connectivity index (χ0) is 14.3. The van der Waals surface area contributed by atoms with Gasteiger partial charge in [-0.3, -0.25) is 4.79 Å². The molecule has 0 aliphatic rings. The number of phenolic OH excluding ortho intramolecular Hbond substituents is 1. The number of rotatable bonds is 7. The number of benzene rings is 1.